The first kappa shape index (κ1) is 35.8. The normalized spacial score (nSPS) is 23.2. The first-order chi connectivity index (χ1) is 22.9. The van der Waals surface area contributed by atoms with Crippen LogP contribution in [0.5, 0.6) is 0 Å². The van der Waals surface area contributed by atoms with Gasteiger partial charge in [0.2, 0.25) is 0 Å². The Hall–Kier alpha value is -4.49. The Morgan fingerprint density at radius 2 is 1.69 bits per heavy atom. The number of carboxylic acid groups (broad SMARTS) is 1. The van der Waals surface area contributed by atoms with Crippen molar-refractivity contribution in [1.82, 2.24) is 9.88 Å². The minimum absolute atomic E-state index is 0.0220. The topological polar surface area (TPSA) is 92.2 Å². The number of amides is 1. The number of rotatable bonds is 10. The number of ether oxygens (including phenoxy) is 2. The summed E-state index contributed by atoms with van der Waals surface area (Å²) in [5.41, 5.74) is -0.321. The number of cyclic esters (lactones) is 1. The van der Waals surface area contributed by atoms with Gasteiger partial charge in [0.05, 0.1) is 42.4 Å². The van der Waals surface area contributed by atoms with Crippen molar-refractivity contribution >= 4 is 23.5 Å². The highest BCUT2D eigenvalue weighted by atomic mass is 19.4. The standard InChI is InChI=1S/C35H37F6N3O5/c1-6-21(22-11-24(12-22)32(45)46)15-27(20(4)48-5)30-18(2)10-29(43-8-7-9-43)42-28(30)17-44-19(3)31(49-33(44)47)23-13-25(34(36,37)38)16-26(14-23)35(39,40)41/h6,10,13-16,19,22,24,31H,4,7-9,11-12,17H2,1-3,5H3,(H,45,46)/b21-6+,27-15+/t19-,22-,24+,31-/m0/s1. The van der Waals surface area contributed by atoms with E-state index in [1.165, 1.54) is 18.9 Å². The number of halogens is 6. The van der Waals surface area contributed by atoms with E-state index in [2.05, 4.69) is 6.58 Å². The molecule has 264 valence electrons. The smallest absolute Gasteiger partial charge is 0.416 e. The number of alkyl halides is 6. The molecule has 1 saturated carbocycles. The molecule has 0 radical (unpaired) electrons. The lowest BCUT2D eigenvalue weighted by molar-refractivity contribution is -0.146. The second-order valence-electron chi connectivity index (χ2n) is 12.6. The van der Waals surface area contributed by atoms with Crippen LogP contribution in [0.25, 0.3) is 5.57 Å². The number of hydrogen-bond acceptors (Lipinski definition) is 6. The zero-order valence-corrected chi connectivity index (χ0v) is 27.4. The van der Waals surface area contributed by atoms with E-state index >= 15 is 0 Å². The maximum atomic E-state index is 13.6. The summed E-state index contributed by atoms with van der Waals surface area (Å²) in [6.07, 6.45) is -6.87. The van der Waals surface area contributed by atoms with Crippen LogP contribution in [0.2, 0.25) is 0 Å². The summed E-state index contributed by atoms with van der Waals surface area (Å²) in [6, 6.07) is 2.09. The van der Waals surface area contributed by atoms with Crippen molar-refractivity contribution < 1.29 is 50.5 Å². The average Bonchev–Trinajstić information content (AvgIpc) is 3.24. The van der Waals surface area contributed by atoms with Crippen molar-refractivity contribution in [1.29, 1.82) is 0 Å². The van der Waals surface area contributed by atoms with Crippen molar-refractivity contribution in [3.05, 3.63) is 87.8 Å². The van der Waals surface area contributed by atoms with Gasteiger partial charge in [0, 0.05) is 24.2 Å². The van der Waals surface area contributed by atoms with Crippen molar-refractivity contribution in [2.24, 2.45) is 11.8 Å². The van der Waals surface area contributed by atoms with Crippen molar-refractivity contribution in [2.45, 2.75) is 71.1 Å². The number of aromatic nitrogens is 1. The summed E-state index contributed by atoms with van der Waals surface area (Å²) < 4.78 is 92.9. The zero-order valence-electron chi connectivity index (χ0n) is 27.4. The van der Waals surface area contributed by atoms with E-state index in [0.29, 0.717) is 47.6 Å². The second kappa shape index (κ2) is 13.4. The van der Waals surface area contributed by atoms with Crippen molar-refractivity contribution in [3.63, 3.8) is 0 Å². The molecule has 3 heterocycles. The molecule has 3 aliphatic rings. The summed E-state index contributed by atoms with van der Waals surface area (Å²) in [4.78, 5) is 33.0. The van der Waals surface area contributed by atoms with Crippen LogP contribution in [0, 0.1) is 18.8 Å². The van der Waals surface area contributed by atoms with Crippen LogP contribution in [0.3, 0.4) is 0 Å². The summed E-state index contributed by atoms with van der Waals surface area (Å²) in [5.74, 6) is -0.410. The van der Waals surface area contributed by atoms with Gasteiger partial charge in [0.1, 0.15) is 17.7 Å². The third kappa shape index (κ3) is 7.28. The molecule has 1 aliphatic carbocycles. The third-order valence-corrected chi connectivity index (χ3v) is 9.53. The minimum Gasteiger partial charge on any atom is -0.497 e. The van der Waals surface area contributed by atoms with Gasteiger partial charge in [-0.25, -0.2) is 9.78 Å². The van der Waals surface area contributed by atoms with Crippen LogP contribution in [-0.4, -0.2) is 53.3 Å². The second-order valence-corrected chi connectivity index (χ2v) is 12.6. The number of carboxylic acids is 1. The number of hydrogen-bond donors (Lipinski definition) is 1. The molecule has 1 aromatic carbocycles. The highest BCUT2D eigenvalue weighted by molar-refractivity contribution is 5.83. The number of pyridine rings is 1. The van der Waals surface area contributed by atoms with E-state index in [-0.39, 0.29) is 24.3 Å². The first-order valence-electron chi connectivity index (χ1n) is 15.8. The molecule has 49 heavy (non-hydrogen) atoms. The van der Waals surface area contributed by atoms with E-state index < -0.39 is 59.2 Å². The molecule has 1 aromatic heterocycles. The van der Waals surface area contributed by atoms with Crippen LogP contribution >= 0.6 is 0 Å². The molecular formula is C35H37F6N3O5. The number of carbonyl (C=O) groups excluding carboxylic acids is 1. The SMILES string of the molecule is C=C(OC)/C(=C\C(=C/C)[C@H]1C[C@@H](C(=O)O)C1)c1c(C)cc(N2CCC2)nc1CN1C(=O)O[C@H](c2cc(C(F)(F)F)cc(C(F)(F)F)c2)[C@@H]1C. The molecule has 2 saturated heterocycles. The summed E-state index contributed by atoms with van der Waals surface area (Å²) in [7, 11) is 1.45. The van der Waals surface area contributed by atoms with Crippen LogP contribution in [-0.2, 0) is 33.2 Å². The Morgan fingerprint density at radius 1 is 1.08 bits per heavy atom. The monoisotopic (exact) mass is 693 g/mol. The molecule has 0 unspecified atom stereocenters. The molecule has 2 aliphatic heterocycles. The van der Waals surface area contributed by atoms with Crippen molar-refractivity contribution in [3.8, 4) is 0 Å². The summed E-state index contributed by atoms with van der Waals surface area (Å²) in [6.45, 7) is 10.6. The number of aryl methyl sites for hydroxylation is 1. The Kier molecular flexibility index (Phi) is 9.82. The van der Waals surface area contributed by atoms with Gasteiger partial charge in [-0.3, -0.25) is 9.69 Å². The fourth-order valence-electron chi connectivity index (χ4n) is 6.47. The molecular weight excluding hydrogens is 656 g/mol. The van der Waals surface area contributed by atoms with E-state index in [9.17, 15) is 41.0 Å². The summed E-state index contributed by atoms with van der Waals surface area (Å²) >= 11 is 0. The van der Waals surface area contributed by atoms with Crippen LogP contribution in [0.15, 0.2) is 54.3 Å². The maximum Gasteiger partial charge on any atom is 0.416 e. The van der Waals surface area contributed by atoms with Crippen LogP contribution in [0.4, 0.5) is 37.0 Å². The predicted octanol–water partition coefficient (Wildman–Crippen LogP) is 8.32. The van der Waals surface area contributed by atoms with Crippen LogP contribution < -0.4 is 4.90 Å². The van der Waals surface area contributed by atoms with Gasteiger partial charge in [0.25, 0.3) is 0 Å². The highest BCUT2D eigenvalue weighted by Gasteiger charge is 2.44. The van der Waals surface area contributed by atoms with Gasteiger partial charge >= 0.3 is 24.4 Å². The fourth-order valence-corrected chi connectivity index (χ4v) is 6.47. The van der Waals surface area contributed by atoms with Crippen molar-refractivity contribution in [2.75, 3.05) is 25.1 Å². The van der Waals surface area contributed by atoms with Gasteiger partial charge in [-0.15, -0.1) is 0 Å². The lowest BCUT2D eigenvalue weighted by atomic mass is 9.70. The number of methoxy groups -OCH3 is 1. The molecule has 14 heteroatoms. The third-order valence-electron chi connectivity index (χ3n) is 9.53. The van der Waals surface area contributed by atoms with Gasteiger partial charge in [-0.1, -0.05) is 12.7 Å². The molecule has 1 N–H and O–H groups in total. The molecule has 2 atom stereocenters. The Bertz CT molecular complexity index is 1670. The van der Waals surface area contributed by atoms with E-state index in [4.69, 9.17) is 14.5 Å². The Labute approximate surface area is 279 Å². The van der Waals surface area contributed by atoms with E-state index in [1.807, 2.05) is 37.0 Å². The van der Waals surface area contributed by atoms with Gasteiger partial charge in [-0.05, 0) is 93.0 Å². The molecule has 5 rings (SSSR count). The van der Waals surface area contributed by atoms with Gasteiger partial charge in [0.15, 0.2) is 0 Å². The van der Waals surface area contributed by atoms with Gasteiger partial charge in [-0.2, -0.15) is 26.3 Å². The fraction of sp³-hybridized carbons (Fsp3) is 0.457. The largest absolute Gasteiger partial charge is 0.497 e. The molecule has 0 bridgehead atoms. The average molecular weight is 694 g/mol. The zero-order chi connectivity index (χ0) is 36.0. The summed E-state index contributed by atoms with van der Waals surface area (Å²) in [5, 5.41) is 9.41. The van der Waals surface area contributed by atoms with Gasteiger partial charge < -0.3 is 19.5 Å². The molecule has 2 aromatic rings. The molecule has 3 fully saturated rings. The quantitative estimate of drug-likeness (QED) is 0.152. The highest BCUT2D eigenvalue weighted by Crippen LogP contribution is 2.44. The number of benzene rings is 1. The van der Waals surface area contributed by atoms with E-state index in [0.717, 1.165) is 30.6 Å². The minimum atomic E-state index is -5.07. The predicted molar refractivity (Wildman–Crippen MR) is 168 cm³/mol. The maximum absolute atomic E-state index is 13.6. The lowest BCUT2D eigenvalue weighted by Crippen LogP contribution is -2.38. The lowest BCUT2D eigenvalue weighted by Gasteiger charge is -2.34. The molecule has 1 amide bonds. The molecule has 0 spiro atoms. The number of aliphatic carboxylic acids is 1. The molecule has 8 nitrogen and oxygen atoms in total. The Morgan fingerprint density at radius 3 is 2.18 bits per heavy atom. The Balaban J connectivity index is 1.56. The number of allylic oxidation sites excluding steroid dienone is 4. The van der Waals surface area contributed by atoms with E-state index in [1.54, 1.807) is 0 Å². The number of nitrogens with zero attached hydrogens (tertiary/aromatic N) is 3. The number of anilines is 1. The number of carbonyl (C=O) groups is 2. The first-order valence-corrected chi connectivity index (χ1v) is 15.8. The van der Waals surface area contributed by atoms with Crippen LogP contribution in [0.1, 0.15) is 72.7 Å².